The Morgan fingerprint density at radius 1 is 0.967 bits per heavy atom. The normalized spacial score (nSPS) is 10.7. The molecule has 4 aromatic rings. The first-order chi connectivity index (χ1) is 14.6. The third-order valence-electron chi connectivity index (χ3n) is 4.52. The summed E-state index contributed by atoms with van der Waals surface area (Å²) in [6.45, 7) is 4.50. The van der Waals surface area contributed by atoms with Gasteiger partial charge in [-0.05, 0) is 60.9 Å². The van der Waals surface area contributed by atoms with E-state index in [1.807, 2.05) is 49.4 Å². The van der Waals surface area contributed by atoms with Gasteiger partial charge in [-0.2, -0.15) is 0 Å². The van der Waals surface area contributed by atoms with Crippen LogP contribution in [0.5, 0.6) is 11.5 Å². The van der Waals surface area contributed by atoms with E-state index in [0.717, 1.165) is 27.1 Å². The number of benzene rings is 3. The second kappa shape index (κ2) is 8.97. The summed E-state index contributed by atoms with van der Waals surface area (Å²) >= 11 is 1.47. The molecule has 0 aliphatic heterocycles. The molecular weight excluding hydrogens is 396 g/mol. The molecule has 0 unspecified atom stereocenters. The Kier molecular flexibility index (Phi) is 5.95. The van der Waals surface area contributed by atoms with Crippen LogP contribution < -0.4 is 14.8 Å². The van der Waals surface area contributed by atoms with Gasteiger partial charge in [0.25, 0.3) is 5.91 Å². The molecule has 3 aromatic carbocycles. The molecule has 1 heterocycles. The molecule has 1 aromatic heterocycles. The quantitative estimate of drug-likeness (QED) is 0.430. The van der Waals surface area contributed by atoms with E-state index in [0.29, 0.717) is 17.5 Å². The molecule has 5 nitrogen and oxygen atoms in total. The van der Waals surface area contributed by atoms with Crippen molar-refractivity contribution in [2.24, 2.45) is 0 Å². The summed E-state index contributed by atoms with van der Waals surface area (Å²) in [6.07, 6.45) is 0. The molecule has 1 N–H and O–H groups in total. The van der Waals surface area contributed by atoms with E-state index in [-0.39, 0.29) is 12.5 Å². The highest BCUT2D eigenvalue weighted by atomic mass is 32.1. The maximum Gasteiger partial charge on any atom is 0.264 e. The van der Waals surface area contributed by atoms with Gasteiger partial charge in [-0.1, -0.05) is 47.7 Å². The molecule has 0 spiro atoms. The number of aryl methyl sites for hydroxylation is 2. The molecule has 0 fully saturated rings. The van der Waals surface area contributed by atoms with Crippen LogP contribution in [-0.2, 0) is 11.4 Å². The van der Waals surface area contributed by atoms with Gasteiger partial charge in [0.05, 0.1) is 10.2 Å². The number of hydrogen-bond donors (Lipinski definition) is 1. The van der Waals surface area contributed by atoms with Crippen LogP contribution in [0.25, 0.3) is 10.2 Å². The van der Waals surface area contributed by atoms with Crippen molar-refractivity contribution in [1.82, 2.24) is 4.98 Å². The number of nitrogens with one attached hydrogen (secondary N) is 1. The van der Waals surface area contributed by atoms with Crippen molar-refractivity contribution in [1.29, 1.82) is 0 Å². The van der Waals surface area contributed by atoms with Crippen LogP contribution in [0.3, 0.4) is 0 Å². The third kappa shape index (κ3) is 4.96. The van der Waals surface area contributed by atoms with Crippen LogP contribution in [0.1, 0.15) is 16.7 Å². The van der Waals surface area contributed by atoms with Crippen molar-refractivity contribution < 1.29 is 14.3 Å². The van der Waals surface area contributed by atoms with Gasteiger partial charge in [0.1, 0.15) is 18.1 Å². The molecular formula is C24H22N2O3S. The zero-order chi connectivity index (χ0) is 20.9. The second-order valence-corrected chi connectivity index (χ2v) is 8.06. The van der Waals surface area contributed by atoms with Gasteiger partial charge >= 0.3 is 0 Å². The van der Waals surface area contributed by atoms with Crippen molar-refractivity contribution in [3.63, 3.8) is 0 Å². The third-order valence-corrected chi connectivity index (χ3v) is 5.44. The van der Waals surface area contributed by atoms with Gasteiger partial charge in [0.2, 0.25) is 0 Å². The second-order valence-electron chi connectivity index (χ2n) is 7.03. The standard InChI is InChI=1S/C24H22N2O3S/c1-16-12-17(2)23-21(13-16)30-24(26-23)25-22(27)15-29-20-10-8-19(9-11-20)28-14-18-6-4-3-5-7-18/h3-13H,14-15H2,1-2H3,(H,25,26,27). The molecule has 0 radical (unpaired) electrons. The van der Waals surface area contributed by atoms with Crippen molar-refractivity contribution in [3.05, 3.63) is 83.4 Å². The molecule has 0 saturated carbocycles. The molecule has 152 valence electrons. The number of thiazole rings is 1. The number of nitrogens with zero attached hydrogens (tertiary/aromatic N) is 1. The van der Waals surface area contributed by atoms with Gasteiger partial charge in [-0.3, -0.25) is 10.1 Å². The molecule has 0 aliphatic rings. The van der Waals surface area contributed by atoms with Crippen LogP contribution in [-0.4, -0.2) is 17.5 Å². The first kappa shape index (κ1) is 19.9. The lowest BCUT2D eigenvalue weighted by molar-refractivity contribution is -0.118. The van der Waals surface area contributed by atoms with Crippen molar-refractivity contribution in [2.75, 3.05) is 11.9 Å². The van der Waals surface area contributed by atoms with E-state index in [1.165, 1.54) is 16.9 Å². The Bertz CT molecular complexity index is 1150. The minimum Gasteiger partial charge on any atom is -0.489 e. The Hall–Kier alpha value is -3.38. The van der Waals surface area contributed by atoms with Gasteiger partial charge in [0.15, 0.2) is 11.7 Å². The van der Waals surface area contributed by atoms with Gasteiger partial charge < -0.3 is 9.47 Å². The van der Waals surface area contributed by atoms with Crippen molar-refractivity contribution in [3.8, 4) is 11.5 Å². The zero-order valence-corrected chi connectivity index (χ0v) is 17.7. The largest absolute Gasteiger partial charge is 0.489 e. The van der Waals surface area contributed by atoms with Gasteiger partial charge in [-0.15, -0.1) is 0 Å². The van der Waals surface area contributed by atoms with E-state index >= 15 is 0 Å². The first-order valence-corrected chi connectivity index (χ1v) is 10.5. The number of carbonyl (C=O) groups is 1. The van der Waals surface area contributed by atoms with Crippen LogP contribution in [0, 0.1) is 13.8 Å². The molecule has 30 heavy (non-hydrogen) atoms. The number of rotatable bonds is 7. The fraction of sp³-hybridized carbons (Fsp3) is 0.167. The average Bonchev–Trinajstić information content (AvgIpc) is 3.15. The smallest absolute Gasteiger partial charge is 0.264 e. The lowest BCUT2D eigenvalue weighted by Gasteiger charge is -2.08. The maximum atomic E-state index is 12.2. The Labute approximate surface area is 179 Å². The number of aromatic nitrogens is 1. The summed E-state index contributed by atoms with van der Waals surface area (Å²) in [5.74, 6) is 1.11. The summed E-state index contributed by atoms with van der Waals surface area (Å²) in [5, 5.41) is 3.40. The van der Waals surface area contributed by atoms with E-state index in [2.05, 4.69) is 29.4 Å². The Morgan fingerprint density at radius 2 is 1.67 bits per heavy atom. The fourth-order valence-electron chi connectivity index (χ4n) is 3.10. The number of fused-ring (bicyclic) bond motifs is 1. The topological polar surface area (TPSA) is 60.5 Å². The fourth-order valence-corrected chi connectivity index (χ4v) is 4.16. The van der Waals surface area contributed by atoms with E-state index in [1.54, 1.807) is 12.1 Å². The van der Waals surface area contributed by atoms with Crippen LogP contribution >= 0.6 is 11.3 Å². The number of anilines is 1. The predicted molar refractivity (Wildman–Crippen MR) is 120 cm³/mol. The summed E-state index contributed by atoms with van der Waals surface area (Å²) in [6, 6.07) is 21.4. The maximum absolute atomic E-state index is 12.2. The minimum absolute atomic E-state index is 0.0852. The average molecular weight is 419 g/mol. The summed E-state index contributed by atoms with van der Waals surface area (Å²) in [4.78, 5) is 16.8. The molecule has 0 atom stereocenters. The summed E-state index contributed by atoms with van der Waals surface area (Å²) in [7, 11) is 0. The molecule has 4 rings (SSSR count). The van der Waals surface area contributed by atoms with Crippen molar-refractivity contribution >= 4 is 32.6 Å². The van der Waals surface area contributed by atoms with E-state index in [9.17, 15) is 4.79 Å². The molecule has 0 saturated heterocycles. The number of ether oxygens (including phenoxy) is 2. The minimum atomic E-state index is -0.243. The highest BCUT2D eigenvalue weighted by molar-refractivity contribution is 7.22. The highest BCUT2D eigenvalue weighted by Gasteiger charge is 2.10. The molecule has 1 amide bonds. The molecule has 0 bridgehead atoms. The lowest BCUT2D eigenvalue weighted by atomic mass is 10.1. The van der Waals surface area contributed by atoms with Crippen molar-refractivity contribution in [2.45, 2.75) is 20.5 Å². The SMILES string of the molecule is Cc1cc(C)c2nc(NC(=O)COc3ccc(OCc4ccccc4)cc3)sc2c1. The number of hydrogen-bond acceptors (Lipinski definition) is 5. The van der Waals surface area contributed by atoms with Crippen LogP contribution in [0.2, 0.25) is 0 Å². The van der Waals surface area contributed by atoms with E-state index < -0.39 is 0 Å². The predicted octanol–water partition coefficient (Wildman–Crippen LogP) is 5.51. The Balaban J connectivity index is 1.29. The summed E-state index contributed by atoms with van der Waals surface area (Å²) in [5.41, 5.74) is 4.32. The lowest BCUT2D eigenvalue weighted by Crippen LogP contribution is -2.19. The zero-order valence-electron chi connectivity index (χ0n) is 16.8. The van der Waals surface area contributed by atoms with Crippen LogP contribution in [0.15, 0.2) is 66.7 Å². The Morgan fingerprint density at radius 3 is 2.40 bits per heavy atom. The molecule has 6 heteroatoms. The molecule has 0 aliphatic carbocycles. The van der Waals surface area contributed by atoms with E-state index in [4.69, 9.17) is 9.47 Å². The first-order valence-electron chi connectivity index (χ1n) is 9.64. The summed E-state index contributed by atoms with van der Waals surface area (Å²) < 4.78 is 12.4. The monoisotopic (exact) mass is 418 g/mol. The van der Waals surface area contributed by atoms with Crippen LogP contribution in [0.4, 0.5) is 5.13 Å². The van der Waals surface area contributed by atoms with Gasteiger partial charge in [-0.25, -0.2) is 4.98 Å². The number of carbonyl (C=O) groups excluding carboxylic acids is 1. The van der Waals surface area contributed by atoms with Gasteiger partial charge in [0, 0.05) is 0 Å². The highest BCUT2D eigenvalue weighted by Crippen LogP contribution is 2.29. The number of amides is 1.